The maximum Gasteiger partial charge on any atom is 0.415 e. The van der Waals surface area contributed by atoms with E-state index in [-0.39, 0.29) is 13.2 Å². The van der Waals surface area contributed by atoms with Gasteiger partial charge in [0.25, 0.3) is 0 Å². The van der Waals surface area contributed by atoms with Crippen LogP contribution < -0.4 is 0 Å². The second kappa shape index (κ2) is 8.86. The molecule has 0 spiro atoms. The van der Waals surface area contributed by atoms with E-state index in [1.165, 1.54) is 13.1 Å². The highest BCUT2D eigenvalue weighted by molar-refractivity contribution is 5.82. The SMILES string of the molecule is CCOC(=O)[C@@H]1CCC(OC(C)=O)=CN1C(=O)OCc1ccccc1. The summed E-state index contributed by atoms with van der Waals surface area (Å²) in [4.78, 5) is 36.8. The third kappa shape index (κ3) is 5.34. The molecule has 0 saturated carbocycles. The Kier molecular flexibility index (Phi) is 6.56. The molecule has 0 N–H and O–H groups in total. The van der Waals surface area contributed by atoms with Crippen LogP contribution in [0.2, 0.25) is 0 Å². The van der Waals surface area contributed by atoms with Gasteiger partial charge in [0.2, 0.25) is 0 Å². The van der Waals surface area contributed by atoms with Crippen molar-refractivity contribution in [2.24, 2.45) is 0 Å². The predicted octanol–water partition coefficient (Wildman–Crippen LogP) is 2.76. The number of carbonyl (C=O) groups excluding carboxylic acids is 3. The zero-order chi connectivity index (χ0) is 18.2. The van der Waals surface area contributed by atoms with Crippen LogP contribution in [0.1, 0.15) is 32.3 Å². The Bertz CT molecular complexity index is 655. The second-order valence-electron chi connectivity index (χ2n) is 5.44. The second-order valence-corrected chi connectivity index (χ2v) is 5.44. The molecule has 0 aliphatic carbocycles. The van der Waals surface area contributed by atoms with E-state index < -0.39 is 24.1 Å². The summed E-state index contributed by atoms with van der Waals surface area (Å²) in [6.07, 6.45) is 1.27. The van der Waals surface area contributed by atoms with Crippen molar-refractivity contribution in [3.8, 4) is 0 Å². The molecule has 1 heterocycles. The zero-order valence-corrected chi connectivity index (χ0v) is 14.3. The first-order chi connectivity index (χ1) is 12.0. The number of allylic oxidation sites excluding steroid dienone is 1. The number of rotatable bonds is 5. The van der Waals surface area contributed by atoms with Crippen molar-refractivity contribution in [3.63, 3.8) is 0 Å². The molecule has 1 aliphatic rings. The van der Waals surface area contributed by atoms with Gasteiger partial charge in [-0.3, -0.25) is 9.69 Å². The van der Waals surface area contributed by atoms with Gasteiger partial charge in [-0.1, -0.05) is 30.3 Å². The van der Waals surface area contributed by atoms with E-state index >= 15 is 0 Å². The molecule has 1 atom stereocenters. The summed E-state index contributed by atoms with van der Waals surface area (Å²) in [6, 6.07) is 8.39. The van der Waals surface area contributed by atoms with Gasteiger partial charge in [0, 0.05) is 19.5 Å². The molecular weight excluding hydrogens is 326 g/mol. The Labute approximate surface area is 146 Å². The minimum atomic E-state index is -0.803. The van der Waals surface area contributed by atoms with Gasteiger partial charge in [0.1, 0.15) is 18.4 Å². The molecule has 0 unspecified atom stereocenters. The minimum absolute atomic E-state index is 0.0719. The molecule has 25 heavy (non-hydrogen) atoms. The molecule has 0 fully saturated rings. The first-order valence-corrected chi connectivity index (χ1v) is 8.06. The van der Waals surface area contributed by atoms with Crippen LogP contribution in [0.15, 0.2) is 42.3 Å². The lowest BCUT2D eigenvalue weighted by Gasteiger charge is -2.30. The lowest BCUT2D eigenvalue weighted by Crippen LogP contribution is -2.45. The summed E-state index contributed by atoms with van der Waals surface area (Å²) in [5, 5.41) is 0. The molecule has 0 saturated heterocycles. The number of carbonyl (C=O) groups is 3. The molecule has 1 aromatic carbocycles. The van der Waals surface area contributed by atoms with Crippen LogP contribution in [0.25, 0.3) is 0 Å². The molecule has 0 aromatic heterocycles. The number of hydrogen-bond acceptors (Lipinski definition) is 6. The maximum absolute atomic E-state index is 12.4. The summed E-state index contributed by atoms with van der Waals surface area (Å²) >= 11 is 0. The lowest BCUT2D eigenvalue weighted by molar-refractivity contribution is -0.148. The average molecular weight is 347 g/mol. The highest BCUT2D eigenvalue weighted by atomic mass is 16.6. The third-order valence-corrected chi connectivity index (χ3v) is 3.53. The molecule has 1 aromatic rings. The van der Waals surface area contributed by atoms with Crippen LogP contribution in [-0.2, 0) is 30.4 Å². The predicted molar refractivity (Wildman–Crippen MR) is 88.0 cm³/mol. The van der Waals surface area contributed by atoms with Gasteiger partial charge in [-0.25, -0.2) is 9.59 Å². The Hall–Kier alpha value is -2.83. The summed E-state index contributed by atoms with van der Waals surface area (Å²) in [6.45, 7) is 3.25. The summed E-state index contributed by atoms with van der Waals surface area (Å²) in [5.74, 6) is -0.694. The normalized spacial score (nSPS) is 16.6. The van der Waals surface area contributed by atoms with E-state index in [2.05, 4.69) is 0 Å². The van der Waals surface area contributed by atoms with E-state index in [1.807, 2.05) is 30.3 Å². The van der Waals surface area contributed by atoms with Crippen LogP contribution in [0.4, 0.5) is 4.79 Å². The van der Waals surface area contributed by atoms with Crippen molar-refractivity contribution in [2.75, 3.05) is 6.61 Å². The largest absolute Gasteiger partial charge is 0.464 e. The lowest BCUT2D eigenvalue weighted by atomic mass is 10.1. The average Bonchev–Trinajstić information content (AvgIpc) is 2.60. The molecule has 1 amide bonds. The number of benzene rings is 1. The number of ether oxygens (including phenoxy) is 3. The van der Waals surface area contributed by atoms with Crippen molar-refractivity contribution in [1.82, 2.24) is 4.90 Å². The van der Waals surface area contributed by atoms with Crippen LogP contribution in [0.3, 0.4) is 0 Å². The molecule has 7 heteroatoms. The van der Waals surface area contributed by atoms with Gasteiger partial charge in [-0.2, -0.15) is 0 Å². The fourth-order valence-corrected chi connectivity index (χ4v) is 2.43. The van der Waals surface area contributed by atoms with E-state index in [1.54, 1.807) is 6.92 Å². The van der Waals surface area contributed by atoms with Crippen molar-refractivity contribution >= 4 is 18.0 Å². The number of amides is 1. The van der Waals surface area contributed by atoms with E-state index in [0.717, 1.165) is 10.5 Å². The van der Waals surface area contributed by atoms with Gasteiger partial charge in [-0.15, -0.1) is 0 Å². The van der Waals surface area contributed by atoms with E-state index in [4.69, 9.17) is 14.2 Å². The van der Waals surface area contributed by atoms with Gasteiger partial charge < -0.3 is 14.2 Å². The smallest absolute Gasteiger partial charge is 0.415 e. The molecule has 2 rings (SSSR count). The Morgan fingerprint density at radius 2 is 1.88 bits per heavy atom. The fourth-order valence-electron chi connectivity index (χ4n) is 2.43. The van der Waals surface area contributed by atoms with Crippen LogP contribution in [0, 0.1) is 0 Å². The molecule has 1 aliphatic heterocycles. The molecule has 0 radical (unpaired) electrons. The third-order valence-electron chi connectivity index (χ3n) is 3.53. The maximum atomic E-state index is 12.4. The molecular formula is C18H21NO6. The summed E-state index contributed by atoms with van der Waals surface area (Å²) < 4.78 is 15.3. The monoisotopic (exact) mass is 347 g/mol. The first kappa shape index (κ1) is 18.5. The Morgan fingerprint density at radius 3 is 2.52 bits per heavy atom. The van der Waals surface area contributed by atoms with E-state index in [0.29, 0.717) is 18.6 Å². The fraction of sp³-hybridized carbons (Fsp3) is 0.389. The molecule has 134 valence electrons. The van der Waals surface area contributed by atoms with Gasteiger partial charge >= 0.3 is 18.0 Å². The van der Waals surface area contributed by atoms with Crippen molar-refractivity contribution in [2.45, 2.75) is 39.3 Å². The standard InChI is InChI=1S/C18H21NO6/c1-3-23-17(21)16-10-9-15(25-13(2)20)11-19(16)18(22)24-12-14-7-5-4-6-8-14/h4-8,11,16H,3,9-10,12H2,1-2H3/t16-/m0/s1. The Balaban J connectivity index is 2.11. The van der Waals surface area contributed by atoms with Gasteiger partial charge in [-0.05, 0) is 18.9 Å². The number of hydrogen-bond donors (Lipinski definition) is 0. The highest BCUT2D eigenvalue weighted by Gasteiger charge is 2.35. The topological polar surface area (TPSA) is 82.1 Å². The Morgan fingerprint density at radius 1 is 1.16 bits per heavy atom. The molecule has 0 bridgehead atoms. The number of nitrogens with zero attached hydrogens (tertiary/aromatic N) is 1. The van der Waals surface area contributed by atoms with Crippen LogP contribution in [0.5, 0.6) is 0 Å². The van der Waals surface area contributed by atoms with Crippen molar-refractivity contribution in [1.29, 1.82) is 0 Å². The van der Waals surface area contributed by atoms with Crippen molar-refractivity contribution in [3.05, 3.63) is 47.9 Å². The van der Waals surface area contributed by atoms with Gasteiger partial charge in [0.05, 0.1) is 6.61 Å². The quantitative estimate of drug-likeness (QED) is 0.602. The minimum Gasteiger partial charge on any atom is -0.464 e. The van der Waals surface area contributed by atoms with Crippen LogP contribution in [-0.4, -0.2) is 35.6 Å². The highest BCUT2D eigenvalue weighted by Crippen LogP contribution is 2.24. The van der Waals surface area contributed by atoms with Gasteiger partial charge in [0.15, 0.2) is 0 Å². The summed E-state index contributed by atoms with van der Waals surface area (Å²) in [5.41, 5.74) is 0.824. The zero-order valence-electron chi connectivity index (χ0n) is 14.3. The number of esters is 2. The van der Waals surface area contributed by atoms with Crippen LogP contribution >= 0.6 is 0 Å². The van der Waals surface area contributed by atoms with Crippen molar-refractivity contribution < 1.29 is 28.6 Å². The summed E-state index contributed by atoms with van der Waals surface area (Å²) in [7, 11) is 0. The first-order valence-electron chi connectivity index (χ1n) is 8.06. The molecule has 7 nitrogen and oxygen atoms in total. The van der Waals surface area contributed by atoms with E-state index in [9.17, 15) is 14.4 Å².